The fourth-order valence-corrected chi connectivity index (χ4v) is 4.32. The Morgan fingerprint density at radius 3 is 2.64 bits per heavy atom. The molecule has 25 heavy (non-hydrogen) atoms. The molecule has 2 aliphatic heterocycles. The van der Waals surface area contributed by atoms with E-state index in [2.05, 4.69) is 4.90 Å². The van der Waals surface area contributed by atoms with Crippen molar-refractivity contribution in [1.29, 1.82) is 0 Å². The first-order chi connectivity index (χ1) is 11.8. The van der Waals surface area contributed by atoms with Gasteiger partial charge >= 0.3 is 5.97 Å². The van der Waals surface area contributed by atoms with E-state index in [-0.39, 0.29) is 29.9 Å². The smallest absolute Gasteiger partial charge is 0.329 e. The van der Waals surface area contributed by atoms with E-state index in [0.717, 1.165) is 45.2 Å². The summed E-state index contributed by atoms with van der Waals surface area (Å²) in [4.78, 5) is 29.0. The van der Waals surface area contributed by atoms with Crippen molar-refractivity contribution < 1.29 is 19.4 Å². The lowest BCUT2D eigenvalue weighted by Gasteiger charge is -2.39. The molecule has 2 rings (SSSR count). The van der Waals surface area contributed by atoms with E-state index in [1.165, 1.54) is 7.11 Å². The molecule has 0 aliphatic carbocycles. The van der Waals surface area contributed by atoms with Crippen molar-refractivity contribution in [2.45, 2.75) is 77.4 Å². The first kappa shape index (κ1) is 20.2. The molecule has 2 fully saturated rings. The fraction of sp³-hybridized carbons (Fsp3) is 0.895. The number of rotatable bonds is 7. The summed E-state index contributed by atoms with van der Waals surface area (Å²) in [6, 6.07) is -0.140. The number of amides is 1. The van der Waals surface area contributed by atoms with Crippen LogP contribution in [0.3, 0.4) is 0 Å². The molecular weight excluding hydrogens is 320 g/mol. The Labute approximate surface area is 151 Å². The number of carbonyl (C=O) groups excluding carboxylic acids is 2. The molecule has 0 bridgehead atoms. The molecule has 2 aliphatic rings. The second-order valence-electron chi connectivity index (χ2n) is 8.44. The lowest BCUT2D eigenvalue weighted by Crippen LogP contribution is -2.53. The topological polar surface area (TPSA) is 70.1 Å². The number of methoxy groups -OCH3 is 1. The summed E-state index contributed by atoms with van der Waals surface area (Å²) >= 11 is 0. The monoisotopic (exact) mass is 354 g/mol. The van der Waals surface area contributed by atoms with Gasteiger partial charge < -0.3 is 14.7 Å². The molecular formula is C19H34N2O4. The minimum Gasteiger partial charge on any atom is -0.467 e. The predicted molar refractivity (Wildman–Crippen MR) is 96.0 cm³/mol. The Bertz CT molecular complexity index is 475. The number of nitrogens with zero attached hydrogens (tertiary/aromatic N) is 2. The van der Waals surface area contributed by atoms with Crippen molar-refractivity contribution in [2.24, 2.45) is 5.41 Å². The second-order valence-corrected chi connectivity index (χ2v) is 8.44. The number of aliphatic hydroxyl groups excluding tert-OH is 1. The largest absolute Gasteiger partial charge is 0.467 e. The van der Waals surface area contributed by atoms with Crippen LogP contribution in [0.2, 0.25) is 0 Å². The molecule has 6 heteroatoms. The van der Waals surface area contributed by atoms with Gasteiger partial charge in [-0.2, -0.15) is 0 Å². The molecule has 1 amide bonds. The van der Waals surface area contributed by atoms with Crippen molar-refractivity contribution in [2.75, 3.05) is 26.8 Å². The summed E-state index contributed by atoms with van der Waals surface area (Å²) in [5, 5.41) is 9.43. The number of carbonyl (C=O) groups is 2. The summed E-state index contributed by atoms with van der Waals surface area (Å²) in [5.41, 5.74) is -0.359. The van der Waals surface area contributed by atoms with Gasteiger partial charge in [-0.05, 0) is 50.6 Å². The summed E-state index contributed by atoms with van der Waals surface area (Å²) in [5.74, 6) is -0.266. The van der Waals surface area contributed by atoms with E-state index >= 15 is 0 Å². The number of ether oxygens (including phenoxy) is 1. The summed E-state index contributed by atoms with van der Waals surface area (Å²) < 4.78 is 4.99. The molecule has 0 spiro atoms. The first-order valence-corrected chi connectivity index (χ1v) is 9.53. The zero-order valence-corrected chi connectivity index (χ0v) is 16.2. The molecule has 1 N–H and O–H groups in total. The van der Waals surface area contributed by atoms with Gasteiger partial charge in [0.2, 0.25) is 5.91 Å². The van der Waals surface area contributed by atoms with Gasteiger partial charge in [-0.25, -0.2) is 4.79 Å². The minimum absolute atomic E-state index is 0.0599. The van der Waals surface area contributed by atoms with Crippen LogP contribution in [0.25, 0.3) is 0 Å². The highest BCUT2D eigenvalue weighted by atomic mass is 16.5. The maximum absolute atomic E-state index is 12.5. The highest BCUT2D eigenvalue weighted by Gasteiger charge is 2.45. The van der Waals surface area contributed by atoms with Gasteiger partial charge in [-0.15, -0.1) is 0 Å². The normalized spacial score (nSPS) is 26.3. The Hall–Kier alpha value is -1.14. The SMILES string of the molecule is COC(=O)[C@@H](N1C(=O)CC[C@@H]1CCCN1CCC[C@H]1CO)C(C)(C)C. The van der Waals surface area contributed by atoms with E-state index in [1.807, 2.05) is 20.8 Å². The van der Waals surface area contributed by atoms with Crippen molar-refractivity contribution in [3.8, 4) is 0 Å². The van der Waals surface area contributed by atoms with Crippen LogP contribution in [0.4, 0.5) is 0 Å². The van der Waals surface area contributed by atoms with Crippen LogP contribution in [0.15, 0.2) is 0 Å². The summed E-state index contributed by atoms with van der Waals surface area (Å²) in [7, 11) is 1.39. The van der Waals surface area contributed by atoms with Crippen LogP contribution in [-0.2, 0) is 14.3 Å². The zero-order valence-electron chi connectivity index (χ0n) is 16.2. The molecule has 144 valence electrons. The van der Waals surface area contributed by atoms with Crippen LogP contribution in [-0.4, -0.2) is 71.7 Å². The highest BCUT2D eigenvalue weighted by Crippen LogP contribution is 2.34. The fourth-order valence-electron chi connectivity index (χ4n) is 4.32. The lowest BCUT2D eigenvalue weighted by atomic mass is 9.85. The van der Waals surface area contributed by atoms with Gasteiger partial charge in [0, 0.05) is 18.5 Å². The van der Waals surface area contributed by atoms with Gasteiger partial charge in [0.25, 0.3) is 0 Å². The average molecular weight is 354 g/mol. The van der Waals surface area contributed by atoms with E-state index in [4.69, 9.17) is 4.74 Å². The Balaban J connectivity index is 1.99. The minimum atomic E-state index is -0.533. The lowest BCUT2D eigenvalue weighted by molar-refractivity contribution is -0.157. The van der Waals surface area contributed by atoms with Gasteiger partial charge in [0.05, 0.1) is 13.7 Å². The third-order valence-corrected chi connectivity index (χ3v) is 5.59. The molecule has 0 unspecified atom stereocenters. The molecule has 0 radical (unpaired) electrons. The first-order valence-electron chi connectivity index (χ1n) is 9.53. The van der Waals surface area contributed by atoms with E-state index < -0.39 is 6.04 Å². The van der Waals surface area contributed by atoms with E-state index in [1.54, 1.807) is 4.90 Å². The van der Waals surface area contributed by atoms with Crippen molar-refractivity contribution >= 4 is 11.9 Å². The molecule has 2 saturated heterocycles. The molecule has 2 heterocycles. The van der Waals surface area contributed by atoms with Crippen LogP contribution in [0.5, 0.6) is 0 Å². The van der Waals surface area contributed by atoms with E-state index in [9.17, 15) is 14.7 Å². The van der Waals surface area contributed by atoms with Gasteiger partial charge in [-0.1, -0.05) is 20.8 Å². The van der Waals surface area contributed by atoms with Crippen molar-refractivity contribution in [3.05, 3.63) is 0 Å². The molecule has 0 aromatic heterocycles. The highest BCUT2D eigenvalue weighted by molar-refractivity contribution is 5.86. The Kier molecular flexibility index (Phi) is 6.86. The zero-order chi connectivity index (χ0) is 18.6. The Morgan fingerprint density at radius 1 is 1.32 bits per heavy atom. The maximum atomic E-state index is 12.5. The molecule has 0 saturated carbocycles. The van der Waals surface area contributed by atoms with Gasteiger partial charge in [-0.3, -0.25) is 9.69 Å². The third kappa shape index (κ3) is 4.73. The average Bonchev–Trinajstić information content (AvgIpc) is 3.14. The number of esters is 1. The van der Waals surface area contributed by atoms with Crippen LogP contribution >= 0.6 is 0 Å². The van der Waals surface area contributed by atoms with Crippen molar-refractivity contribution in [3.63, 3.8) is 0 Å². The van der Waals surface area contributed by atoms with Crippen LogP contribution in [0, 0.1) is 5.41 Å². The quantitative estimate of drug-likeness (QED) is 0.706. The number of hydrogen-bond donors (Lipinski definition) is 1. The second kappa shape index (κ2) is 8.49. The van der Waals surface area contributed by atoms with Gasteiger partial charge in [0.15, 0.2) is 0 Å². The number of aliphatic hydroxyl groups is 1. The van der Waals surface area contributed by atoms with Crippen LogP contribution < -0.4 is 0 Å². The van der Waals surface area contributed by atoms with E-state index in [0.29, 0.717) is 12.5 Å². The molecule has 3 atom stereocenters. The van der Waals surface area contributed by atoms with Gasteiger partial charge in [0.1, 0.15) is 6.04 Å². The number of hydrogen-bond acceptors (Lipinski definition) is 5. The molecule has 0 aromatic carbocycles. The van der Waals surface area contributed by atoms with Crippen LogP contribution in [0.1, 0.15) is 59.3 Å². The van der Waals surface area contributed by atoms with Crippen molar-refractivity contribution in [1.82, 2.24) is 9.80 Å². The molecule has 6 nitrogen and oxygen atoms in total. The summed E-state index contributed by atoms with van der Waals surface area (Å²) in [6.07, 6.45) is 5.41. The summed E-state index contributed by atoms with van der Waals surface area (Å²) in [6.45, 7) is 8.16. The standard InChI is InChI=1S/C19H34N2O4/c1-19(2,3)17(18(24)25-4)21-14(9-10-16(21)23)7-5-11-20-12-6-8-15(20)13-22/h14-15,17,22H,5-13H2,1-4H3/t14-,15-,17+/m0/s1. The maximum Gasteiger partial charge on any atom is 0.329 e. The predicted octanol–water partition coefficient (Wildman–Crippen LogP) is 1.80. The third-order valence-electron chi connectivity index (χ3n) is 5.59. The Morgan fingerprint density at radius 2 is 2.04 bits per heavy atom. The number of likely N-dealkylation sites (tertiary alicyclic amines) is 2. The molecule has 0 aromatic rings.